The lowest BCUT2D eigenvalue weighted by Gasteiger charge is -2.24. The van der Waals surface area contributed by atoms with Crippen molar-refractivity contribution in [1.82, 2.24) is 0 Å². The predicted octanol–water partition coefficient (Wildman–Crippen LogP) is 2.30. The summed E-state index contributed by atoms with van der Waals surface area (Å²) in [6.07, 6.45) is 4.67. The minimum absolute atomic E-state index is 0. The Morgan fingerprint density at radius 2 is 1.00 bits per heavy atom. The van der Waals surface area contributed by atoms with Gasteiger partial charge in [0.05, 0.1) is 5.82 Å². The van der Waals surface area contributed by atoms with Gasteiger partial charge in [-0.25, -0.2) is 0 Å². The first kappa shape index (κ1) is 19.6. The quantitative estimate of drug-likeness (QED) is 0.547. The molecule has 3 aromatic rings. The van der Waals surface area contributed by atoms with Crippen LogP contribution >= 0.6 is 7.26 Å². The van der Waals surface area contributed by atoms with Gasteiger partial charge < -0.3 is 17.0 Å². The van der Waals surface area contributed by atoms with Crippen LogP contribution in [0.5, 0.6) is 0 Å². The molecule has 0 saturated carbocycles. The Morgan fingerprint density at radius 1 is 0.640 bits per heavy atom. The third-order valence-electron chi connectivity index (χ3n) is 4.27. The van der Waals surface area contributed by atoms with Crippen molar-refractivity contribution in [2.45, 2.75) is 19.8 Å². The summed E-state index contributed by atoms with van der Waals surface area (Å²) in [4.78, 5) is 0. The predicted molar refractivity (Wildman–Crippen MR) is 109 cm³/mol. The molecule has 0 radical (unpaired) electrons. The summed E-state index contributed by atoms with van der Waals surface area (Å²) in [7, 11) is -1.76. The largest absolute Gasteiger partial charge is 1.00 e. The van der Waals surface area contributed by atoms with Gasteiger partial charge in [-0.1, -0.05) is 67.9 Å². The Labute approximate surface area is 162 Å². The molecule has 0 amide bonds. The van der Waals surface area contributed by atoms with Crippen molar-refractivity contribution in [2.75, 3.05) is 0 Å². The molecule has 0 aliphatic carbocycles. The van der Waals surface area contributed by atoms with Gasteiger partial charge in [-0.05, 0) is 48.9 Å². The lowest BCUT2D eigenvalue weighted by Crippen LogP contribution is -3.00. The highest BCUT2D eigenvalue weighted by Gasteiger charge is 2.42. The monoisotopic (exact) mass is 410 g/mol. The van der Waals surface area contributed by atoms with Crippen LogP contribution in [0.4, 0.5) is 0 Å². The molecule has 0 fully saturated rings. The number of hydrogen-bond donors (Lipinski definition) is 0. The Hall–Kier alpha value is -1.69. The van der Waals surface area contributed by atoms with E-state index in [2.05, 4.69) is 110 Å². The van der Waals surface area contributed by atoms with E-state index in [1.54, 1.807) is 0 Å². The van der Waals surface area contributed by atoms with Gasteiger partial charge >= 0.3 is 0 Å². The molecule has 0 saturated heterocycles. The Kier molecular flexibility index (Phi) is 7.62. The minimum Gasteiger partial charge on any atom is -1.00 e. The number of halogens is 1. The van der Waals surface area contributed by atoms with Crippen LogP contribution < -0.4 is 32.9 Å². The molecule has 0 aliphatic heterocycles. The van der Waals surface area contributed by atoms with E-state index in [9.17, 15) is 0 Å². The highest BCUT2D eigenvalue weighted by Crippen LogP contribution is 2.56. The first-order chi connectivity index (χ1) is 11.9. The van der Waals surface area contributed by atoms with E-state index in [1.165, 1.54) is 22.3 Å². The van der Waals surface area contributed by atoms with Gasteiger partial charge in [0.2, 0.25) is 0 Å². The molecule has 0 spiro atoms. The number of benzene rings is 3. The summed E-state index contributed by atoms with van der Waals surface area (Å²) in [5.41, 5.74) is 0. The van der Waals surface area contributed by atoms with Crippen LogP contribution in [-0.2, 0) is 0 Å². The van der Waals surface area contributed by atoms with Gasteiger partial charge in [-0.15, -0.1) is 0 Å². The van der Waals surface area contributed by atoms with Crippen molar-refractivity contribution < 1.29 is 17.0 Å². The van der Waals surface area contributed by atoms with Crippen LogP contribution in [-0.4, -0.2) is 0 Å². The van der Waals surface area contributed by atoms with Crippen molar-refractivity contribution >= 4 is 23.2 Å². The number of allylic oxidation sites excluding steroid dienone is 1. The summed E-state index contributed by atoms with van der Waals surface area (Å²) in [6, 6.07) is 32.9. The Bertz CT molecular complexity index is 670. The zero-order chi connectivity index (χ0) is 16.7. The van der Waals surface area contributed by atoms with Gasteiger partial charge in [0, 0.05) is 0 Å². The fraction of sp³-hybridized carbons (Fsp3) is 0.130. The summed E-state index contributed by atoms with van der Waals surface area (Å²) >= 11 is 0. The van der Waals surface area contributed by atoms with Gasteiger partial charge in [0.15, 0.2) is 0 Å². The SMILES string of the molecule is CCC/C=C/[P+](c1ccccc1)(c1ccccc1)c1ccccc1.[Br-]. The third-order valence-corrected chi connectivity index (χ3v) is 8.27. The Balaban J connectivity index is 0.00000225. The van der Waals surface area contributed by atoms with E-state index in [-0.39, 0.29) is 17.0 Å². The summed E-state index contributed by atoms with van der Waals surface area (Å²) in [6.45, 7) is 2.23. The highest BCUT2D eigenvalue weighted by molar-refractivity contribution is 7.98. The normalized spacial score (nSPS) is 11.2. The second-order valence-electron chi connectivity index (χ2n) is 5.90. The first-order valence-electron chi connectivity index (χ1n) is 8.61. The number of rotatable bonds is 6. The van der Waals surface area contributed by atoms with Gasteiger partial charge in [0.25, 0.3) is 0 Å². The molecule has 0 nitrogen and oxygen atoms in total. The van der Waals surface area contributed by atoms with Gasteiger partial charge in [0.1, 0.15) is 23.2 Å². The van der Waals surface area contributed by atoms with E-state index in [0.717, 1.165) is 6.42 Å². The summed E-state index contributed by atoms with van der Waals surface area (Å²) < 4.78 is 0. The molecule has 2 heteroatoms. The maximum absolute atomic E-state index is 2.50. The molecular formula is C23H24BrP. The fourth-order valence-corrected chi connectivity index (χ4v) is 6.90. The summed E-state index contributed by atoms with van der Waals surface area (Å²) in [5.74, 6) is 2.50. The summed E-state index contributed by atoms with van der Waals surface area (Å²) in [5, 5.41) is 4.24. The van der Waals surface area contributed by atoms with Crippen LogP contribution in [0.25, 0.3) is 0 Å². The van der Waals surface area contributed by atoms with Crippen LogP contribution in [0.15, 0.2) is 103 Å². The standard InChI is InChI=1S/C23H24P.BrH/c1-2-3-13-20-24(21-14-7-4-8-15-21,22-16-9-5-10-17-22)23-18-11-6-12-19-23;/h4-20H,2-3H2,1H3;1H/q+1;/p-1/b20-13+;. The molecule has 0 unspecified atom stereocenters. The molecular weight excluding hydrogens is 387 g/mol. The molecule has 0 N–H and O–H groups in total. The lowest BCUT2D eigenvalue weighted by atomic mass is 10.3. The van der Waals surface area contributed by atoms with Crippen molar-refractivity contribution in [2.24, 2.45) is 0 Å². The molecule has 25 heavy (non-hydrogen) atoms. The van der Waals surface area contributed by atoms with Crippen molar-refractivity contribution in [3.05, 3.63) is 103 Å². The van der Waals surface area contributed by atoms with E-state index in [0.29, 0.717) is 0 Å². The van der Waals surface area contributed by atoms with E-state index < -0.39 is 7.26 Å². The van der Waals surface area contributed by atoms with E-state index in [1.807, 2.05) is 0 Å². The minimum atomic E-state index is -1.76. The van der Waals surface area contributed by atoms with Crippen LogP contribution in [0, 0.1) is 0 Å². The van der Waals surface area contributed by atoms with E-state index >= 15 is 0 Å². The second kappa shape index (κ2) is 9.70. The zero-order valence-electron chi connectivity index (χ0n) is 14.6. The van der Waals surface area contributed by atoms with Gasteiger partial charge in [-0.2, -0.15) is 0 Å². The maximum atomic E-state index is 2.50. The average molecular weight is 411 g/mol. The third kappa shape index (κ3) is 4.29. The topological polar surface area (TPSA) is 0 Å². The van der Waals surface area contributed by atoms with Crippen molar-refractivity contribution in [1.29, 1.82) is 0 Å². The molecule has 0 atom stereocenters. The molecule has 3 aromatic carbocycles. The Morgan fingerprint density at radius 3 is 1.32 bits per heavy atom. The number of hydrogen-bond acceptors (Lipinski definition) is 0. The smallest absolute Gasteiger partial charge is 0.136 e. The molecule has 0 aliphatic rings. The molecule has 3 rings (SSSR count). The second-order valence-corrected chi connectivity index (χ2v) is 9.20. The molecule has 0 heterocycles. The highest BCUT2D eigenvalue weighted by atomic mass is 79.9. The first-order valence-corrected chi connectivity index (χ1v) is 10.5. The van der Waals surface area contributed by atoms with Crippen LogP contribution in [0.1, 0.15) is 19.8 Å². The fourth-order valence-electron chi connectivity index (χ4n) is 3.09. The van der Waals surface area contributed by atoms with Crippen LogP contribution in [0.3, 0.4) is 0 Å². The number of unbranched alkanes of at least 4 members (excludes halogenated alkanes) is 1. The lowest BCUT2D eigenvalue weighted by molar-refractivity contribution is -0.00000471. The molecule has 0 aromatic heterocycles. The van der Waals surface area contributed by atoms with Gasteiger partial charge in [-0.3, -0.25) is 0 Å². The van der Waals surface area contributed by atoms with Crippen molar-refractivity contribution in [3.8, 4) is 0 Å². The molecule has 128 valence electrons. The average Bonchev–Trinajstić information content (AvgIpc) is 2.68. The molecule has 0 bridgehead atoms. The van der Waals surface area contributed by atoms with Crippen molar-refractivity contribution in [3.63, 3.8) is 0 Å². The van der Waals surface area contributed by atoms with E-state index in [4.69, 9.17) is 0 Å². The maximum Gasteiger partial charge on any atom is 0.136 e. The van der Waals surface area contributed by atoms with Crippen LogP contribution in [0.2, 0.25) is 0 Å². The zero-order valence-corrected chi connectivity index (χ0v) is 17.0.